The van der Waals surface area contributed by atoms with Gasteiger partial charge in [0, 0.05) is 13.1 Å². The van der Waals surface area contributed by atoms with Crippen LogP contribution in [0.15, 0.2) is 12.1 Å². The number of hydrogen-bond donors (Lipinski definition) is 0. The van der Waals surface area contributed by atoms with E-state index in [1.165, 1.54) is 0 Å². The molecule has 0 spiro atoms. The standard InChI is InChI=1S/C16H22N2O2/c1-4-18-5-6-19-15(10-18)11-20-16-12(2)7-14(9-17)8-13(16)3/h7-8,15H,4-6,10-11H2,1-3H3. The van der Waals surface area contributed by atoms with Gasteiger partial charge in [0.1, 0.15) is 18.5 Å². The minimum Gasteiger partial charge on any atom is -0.490 e. The van der Waals surface area contributed by atoms with E-state index >= 15 is 0 Å². The number of hydrogen-bond acceptors (Lipinski definition) is 4. The van der Waals surface area contributed by atoms with E-state index in [-0.39, 0.29) is 6.10 Å². The predicted molar refractivity (Wildman–Crippen MR) is 78.0 cm³/mol. The molecule has 2 rings (SSSR count). The Morgan fingerprint density at radius 3 is 2.70 bits per heavy atom. The molecule has 4 nitrogen and oxygen atoms in total. The molecule has 1 aliphatic heterocycles. The first kappa shape index (κ1) is 14.8. The van der Waals surface area contributed by atoms with Crippen molar-refractivity contribution < 1.29 is 9.47 Å². The normalized spacial score (nSPS) is 19.6. The molecule has 0 aliphatic carbocycles. The first-order valence-electron chi connectivity index (χ1n) is 7.12. The maximum Gasteiger partial charge on any atom is 0.125 e. The molecule has 1 unspecified atom stereocenters. The second-order valence-electron chi connectivity index (χ2n) is 5.25. The first-order valence-corrected chi connectivity index (χ1v) is 7.12. The highest BCUT2D eigenvalue weighted by Gasteiger charge is 2.20. The van der Waals surface area contributed by atoms with Gasteiger partial charge in [-0.25, -0.2) is 0 Å². The van der Waals surface area contributed by atoms with Crippen LogP contribution in [-0.4, -0.2) is 43.9 Å². The third-order valence-electron chi connectivity index (χ3n) is 3.67. The average molecular weight is 274 g/mol. The molecule has 0 amide bonds. The molecule has 20 heavy (non-hydrogen) atoms. The van der Waals surface area contributed by atoms with Gasteiger partial charge in [-0.05, 0) is 43.7 Å². The maximum atomic E-state index is 8.95. The summed E-state index contributed by atoms with van der Waals surface area (Å²) in [6.45, 7) is 10.4. The highest BCUT2D eigenvalue weighted by Crippen LogP contribution is 2.25. The van der Waals surface area contributed by atoms with Crippen LogP contribution in [0.25, 0.3) is 0 Å². The van der Waals surface area contributed by atoms with Crippen molar-refractivity contribution in [3.63, 3.8) is 0 Å². The summed E-state index contributed by atoms with van der Waals surface area (Å²) in [5.74, 6) is 0.876. The SMILES string of the molecule is CCN1CCOC(COc2c(C)cc(C#N)cc2C)C1. The summed E-state index contributed by atoms with van der Waals surface area (Å²) < 4.78 is 11.7. The fourth-order valence-corrected chi connectivity index (χ4v) is 2.59. The van der Waals surface area contributed by atoms with Crippen LogP contribution in [0.5, 0.6) is 5.75 Å². The Balaban J connectivity index is 1.99. The number of morpholine rings is 1. The predicted octanol–water partition coefficient (Wildman–Crippen LogP) is 2.27. The van der Waals surface area contributed by atoms with Gasteiger partial charge in [0.25, 0.3) is 0 Å². The molecule has 1 aromatic rings. The molecular formula is C16H22N2O2. The highest BCUT2D eigenvalue weighted by atomic mass is 16.5. The van der Waals surface area contributed by atoms with E-state index in [4.69, 9.17) is 14.7 Å². The van der Waals surface area contributed by atoms with Gasteiger partial charge in [-0.15, -0.1) is 0 Å². The Labute approximate surface area is 120 Å². The van der Waals surface area contributed by atoms with Gasteiger partial charge >= 0.3 is 0 Å². The molecular weight excluding hydrogens is 252 g/mol. The number of benzene rings is 1. The summed E-state index contributed by atoms with van der Waals surface area (Å²) in [5, 5.41) is 8.95. The highest BCUT2D eigenvalue weighted by molar-refractivity contribution is 5.47. The largest absolute Gasteiger partial charge is 0.490 e. The minimum absolute atomic E-state index is 0.123. The van der Waals surface area contributed by atoms with E-state index in [1.54, 1.807) is 0 Å². The van der Waals surface area contributed by atoms with Crippen molar-refractivity contribution >= 4 is 0 Å². The van der Waals surface area contributed by atoms with Crippen molar-refractivity contribution in [2.75, 3.05) is 32.8 Å². The number of nitrogens with zero attached hydrogens (tertiary/aromatic N) is 2. The minimum atomic E-state index is 0.123. The van der Waals surface area contributed by atoms with Crippen LogP contribution in [0.4, 0.5) is 0 Å². The monoisotopic (exact) mass is 274 g/mol. The number of ether oxygens (including phenoxy) is 2. The van der Waals surface area contributed by atoms with Crippen molar-refractivity contribution in [2.45, 2.75) is 26.9 Å². The van der Waals surface area contributed by atoms with Crippen LogP contribution in [0, 0.1) is 25.2 Å². The third kappa shape index (κ3) is 3.50. The van der Waals surface area contributed by atoms with Gasteiger partial charge < -0.3 is 9.47 Å². The zero-order valence-corrected chi connectivity index (χ0v) is 12.5. The quantitative estimate of drug-likeness (QED) is 0.845. The number of rotatable bonds is 4. The number of nitriles is 1. The Morgan fingerprint density at radius 1 is 1.40 bits per heavy atom. The summed E-state index contributed by atoms with van der Waals surface area (Å²) in [4.78, 5) is 2.37. The zero-order chi connectivity index (χ0) is 14.5. The Morgan fingerprint density at radius 2 is 2.10 bits per heavy atom. The van der Waals surface area contributed by atoms with Crippen molar-refractivity contribution in [1.82, 2.24) is 4.90 Å². The number of likely N-dealkylation sites (N-methyl/N-ethyl adjacent to an activating group) is 1. The van der Waals surface area contributed by atoms with Crippen molar-refractivity contribution in [1.29, 1.82) is 5.26 Å². The lowest BCUT2D eigenvalue weighted by molar-refractivity contribution is -0.0465. The van der Waals surface area contributed by atoms with Crippen LogP contribution < -0.4 is 4.74 Å². The van der Waals surface area contributed by atoms with Crippen LogP contribution in [0.2, 0.25) is 0 Å². The van der Waals surface area contributed by atoms with E-state index in [2.05, 4.69) is 17.9 Å². The van der Waals surface area contributed by atoms with E-state index in [0.717, 1.165) is 43.1 Å². The molecule has 0 aromatic heterocycles. The molecule has 0 radical (unpaired) electrons. The fourth-order valence-electron chi connectivity index (χ4n) is 2.59. The summed E-state index contributed by atoms with van der Waals surface area (Å²) in [5.41, 5.74) is 2.69. The van der Waals surface area contributed by atoms with Gasteiger partial charge in [0.05, 0.1) is 18.2 Å². The molecule has 1 heterocycles. The molecule has 1 fully saturated rings. The van der Waals surface area contributed by atoms with Gasteiger partial charge in [0.2, 0.25) is 0 Å². The molecule has 0 bridgehead atoms. The maximum absolute atomic E-state index is 8.95. The molecule has 1 aromatic carbocycles. The van der Waals surface area contributed by atoms with E-state index in [1.807, 2.05) is 26.0 Å². The molecule has 1 aliphatic rings. The topological polar surface area (TPSA) is 45.5 Å². The van der Waals surface area contributed by atoms with Crippen LogP contribution in [0.3, 0.4) is 0 Å². The molecule has 0 saturated carbocycles. The van der Waals surface area contributed by atoms with Gasteiger partial charge in [-0.1, -0.05) is 6.92 Å². The second kappa shape index (κ2) is 6.74. The Bertz CT molecular complexity index is 485. The van der Waals surface area contributed by atoms with Crippen LogP contribution >= 0.6 is 0 Å². The van der Waals surface area contributed by atoms with E-state index < -0.39 is 0 Å². The lowest BCUT2D eigenvalue weighted by Gasteiger charge is -2.32. The second-order valence-corrected chi connectivity index (χ2v) is 5.25. The number of aryl methyl sites for hydroxylation is 2. The Hall–Kier alpha value is -1.57. The van der Waals surface area contributed by atoms with Crippen molar-refractivity contribution in [3.05, 3.63) is 28.8 Å². The van der Waals surface area contributed by atoms with E-state index in [9.17, 15) is 0 Å². The van der Waals surface area contributed by atoms with Crippen molar-refractivity contribution in [3.8, 4) is 11.8 Å². The fraction of sp³-hybridized carbons (Fsp3) is 0.562. The van der Waals surface area contributed by atoms with Crippen molar-refractivity contribution in [2.24, 2.45) is 0 Å². The van der Waals surface area contributed by atoms with Crippen LogP contribution in [-0.2, 0) is 4.74 Å². The molecule has 108 valence electrons. The smallest absolute Gasteiger partial charge is 0.125 e. The first-order chi connectivity index (χ1) is 9.63. The summed E-state index contributed by atoms with van der Waals surface area (Å²) >= 11 is 0. The summed E-state index contributed by atoms with van der Waals surface area (Å²) in [7, 11) is 0. The molecule has 0 N–H and O–H groups in total. The molecule has 1 saturated heterocycles. The van der Waals surface area contributed by atoms with Gasteiger partial charge in [0.15, 0.2) is 0 Å². The zero-order valence-electron chi connectivity index (χ0n) is 12.5. The lowest BCUT2D eigenvalue weighted by Crippen LogP contribution is -2.44. The molecule has 1 atom stereocenters. The molecule has 4 heteroatoms. The van der Waals surface area contributed by atoms with Crippen LogP contribution in [0.1, 0.15) is 23.6 Å². The van der Waals surface area contributed by atoms with E-state index in [0.29, 0.717) is 12.2 Å². The van der Waals surface area contributed by atoms with Gasteiger partial charge in [-0.2, -0.15) is 5.26 Å². The average Bonchev–Trinajstić information content (AvgIpc) is 2.46. The lowest BCUT2D eigenvalue weighted by atomic mass is 10.1. The Kier molecular flexibility index (Phi) is 4.99. The summed E-state index contributed by atoms with van der Waals surface area (Å²) in [6.07, 6.45) is 0.123. The third-order valence-corrected chi connectivity index (χ3v) is 3.67. The summed E-state index contributed by atoms with van der Waals surface area (Å²) in [6, 6.07) is 5.89. The van der Waals surface area contributed by atoms with Gasteiger partial charge in [-0.3, -0.25) is 4.90 Å².